The van der Waals surface area contributed by atoms with Gasteiger partial charge in [-0.05, 0) is 29.8 Å². The molecule has 0 unspecified atom stereocenters. The molecule has 1 aliphatic heterocycles. The Hall–Kier alpha value is -3.02. The van der Waals surface area contributed by atoms with Gasteiger partial charge in [0.25, 0.3) is 5.91 Å². The molecular weight excluding hydrogens is 448 g/mol. The number of pyridine rings is 1. The summed E-state index contributed by atoms with van der Waals surface area (Å²) in [5.74, 6) is 0.0839. The van der Waals surface area contributed by atoms with Crippen molar-refractivity contribution in [2.75, 3.05) is 46.5 Å². The number of ether oxygens (including phenoxy) is 2. The third-order valence-corrected chi connectivity index (χ3v) is 7.14. The zero-order valence-electron chi connectivity index (χ0n) is 18.7. The Morgan fingerprint density at radius 3 is 2.30 bits per heavy atom. The van der Waals surface area contributed by atoms with Gasteiger partial charge in [0.2, 0.25) is 21.8 Å². The molecule has 0 radical (unpaired) electrons. The van der Waals surface area contributed by atoms with Crippen molar-refractivity contribution in [3.8, 4) is 5.88 Å². The largest absolute Gasteiger partial charge is 0.475 e. The van der Waals surface area contributed by atoms with E-state index in [1.54, 1.807) is 30.3 Å². The molecule has 0 bridgehead atoms. The number of nitrogens with one attached hydrogen (secondary N) is 1. The number of nitrogens with zero attached hydrogens (tertiary/aromatic N) is 3. The van der Waals surface area contributed by atoms with E-state index >= 15 is 0 Å². The normalized spacial score (nSPS) is 14.7. The van der Waals surface area contributed by atoms with Gasteiger partial charge in [-0.1, -0.05) is 6.07 Å². The minimum Gasteiger partial charge on any atom is -0.475 e. The molecule has 11 heteroatoms. The minimum atomic E-state index is -3.69. The third-order valence-electron chi connectivity index (χ3n) is 5.23. The van der Waals surface area contributed by atoms with Crippen LogP contribution in [0.3, 0.4) is 0 Å². The van der Waals surface area contributed by atoms with E-state index in [9.17, 15) is 18.0 Å². The second-order valence-corrected chi connectivity index (χ2v) is 9.40. The lowest BCUT2D eigenvalue weighted by atomic mass is 10.2. The first-order valence-electron chi connectivity index (χ1n) is 10.5. The molecule has 10 nitrogen and oxygen atoms in total. The van der Waals surface area contributed by atoms with E-state index in [0.29, 0.717) is 37.7 Å². The van der Waals surface area contributed by atoms with Gasteiger partial charge in [-0.2, -0.15) is 4.31 Å². The van der Waals surface area contributed by atoms with Crippen molar-refractivity contribution in [2.45, 2.75) is 18.4 Å². The Morgan fingerprint density at radius 1 is 1.03 bits per heavy atom. The van der Waals surface area contributed by atoms with Gasteiger partial charge in [0.1, 0.15) is 6.61 Å². The van der Waals surface area contributed by atoms with Crippen molar-refractivity contribution in [2.24, 2.45) is 0 Å². The average Bonchev–Trinajstić information content (AvgIpc) is 2.83. The summed E-state index contributed by atoms with van der Waals surface area (Å²) >= 11 is 0. The Balaban J connectivity index is 1.54. The van der Waals surface area contributed by atoms with Crippen LogP contribution in [-0.4, -0.2) is 80.9 Å². The van der Waals surface area contributed by atoms with E-state index in [4.69, 9.17) is 9.47 Å². The number of amides is 2. The first-order valence-corrected chi connectivity index (χ1v) is 12.0. The third kappa shape index (κ3) is 6.50. The van der Waals surface area contributed by atoms with Crippen molar-refractivity contribution in [1.29, 1.82) is 0 Å². The molecule has 178 valence electrons. The van der Waals surface area contributed by atoms with Gasteiger partial charge in [0, 0.05) is 64.6 Å². The predicted octanol–water partition coefficient (Wildman–Crippen LogP) is 0.890. The fourth-order valence-electron chi connectivity index (χ4n) is 3.29. The van der Waals surface area contributed by atoms with E-state index in [1.165, 1.54) is 35.5 Å². The van der Waals surface area contributed by atoms with Gasteiger partial charge < -0.3 is 19.7 Å². The average molecular weight is 477 g/mol. The van der Waals surface area contributed by atoms with Crippen LogP contribution in [0.2, 0.25) is 0 Å². The molecule has 1 aliphatic rings. The van der Waals surface area contributed by atoms with Crippen LogP contribution in [-0.2, 0) is 26.1 Å². The number of piperazine rings is 1. The highest BCUT2D eigenvalue weighted by Gasteiger charge is 2.29. The number of aromatic nitrogens is 1. The first-order chi connectivity index (χ1) is 15.8. The molecule has 1 aromatic heterocycles. The second kappa shape index (κ2) is 11.2. The quantitative estimate of drug-likeness (QED) is 0.534. The maximum atomic E-state index is 12.9. The zero-order chi connectivity index (χ0) is 23.8. The fourth-order valence-corrected chi connectivity index (χ4v) is 4.71. The smallest absolute Gasteiger partial charge is 0.251 e. The van der Waals surface area contributed by atoms with Crippen molar-refractivity contribution >= 4 is 21.8 Å². The summed E-state index contributed by atoms with van der Waals surface area (Å²) < 4.78 is 37.4. The summed E-state index contributed by atoms with van der Waals surface area (Å²) in [5.41, 5.74) is 1.15. The van der Waals surface area contributed by atoms with E-state index in [2.05, 4.69) is 10.3 Å². The van der Waals surface area contributed by atoms with Gasteiger partial charge in [-0.15, -0.1) is 0 Å². The molecule has 1 fully saturated rings. The molecule has 0 spiro atoms. The number of hydrogen-bond acceptors (Lipinski definition) is 7. The van der Waals surface area contributed by atoms with Crippen molar-refractivity contribution < 1.29 is 27.5 Å². The highest BCUT2D eigenvalue weighted by molar-refractivity contribution is 7.89. The maximum Gasteiger partial charge on any atom is 0.251 e. The Labute approximate surface area is 193 Å². The molecule has 3 rings (SSSR count). The monoisotopic (exact) mass is 476 g/mol. The first kappa shape index (κ1) is 24.6. The summed E-state index contributed by atoms with van der Waals surface area (Å²) in [6.45, 7) is 3.83. The maximum absolute atomic E-state index is 12.9. The van der Waals surface area contributed by atoms with Crippen LogP contribution in [0.15, 0.2) is 47.5 Å². The molecule has 1 aromatic carbocycles. The number of carbonyl (C=O) groups excluding carboxylic acids is 2. The fraction of sp³-hybridized carbons (Fsp3) is 0.409. The number of hydrogen-bond donors (Lipinski definition) is 1. The summed E-state index contributed by atoms with van der Waals surface area (Å²) in [7, 11) is -2.09. The molecule has 33 heavy (non-hydrogen) atoms. The molecule has 2 heterocycles. The van der Waals surface area contributed by atoms with Crippen molar-refractivity contribution in [3.63, 3.8) is 0 Å². The predicted molar refractivity (Wildman–Crippen MR) is 120 cm³/mol. The lowest BCUT2D eigenvalue weighted by Gasteiger charge is -2.33. The van der Waals surface area contributed by atoms with Gasteiger partial charge in [0.15, 0.2) is 0 Å². The Kier molecular flexibility index (Phi) is 8.37. The van der Waals surface area contributed by atoms with E-state index in [1.807, 2.05) is 0 Å². The number of rotatable bonds is 9. The molecule has 2 aromatic rings. The lowest BCUT2D eigenvalue weighted by molar-refractivity contribution is -0.129. The summed E-state index contributed by atoms with van der Waals surface area (Å²) in [5, 5.41) is 2.79. The van der Waals surface area contributed by atoms with Crippen molar-refractivity contribution in [3.05, 3.63) is 53.7 Å². The van der Waals surface area contributed by atoms with Gasteiger partial charge in [0.05, 0.1) is 11.5 Å². The summed E-state index contributed by atoms with van der Waals surface area (Å²) in [4.78, 5) is 29.8. The van der Waals surface area contributed by atoms with E-state index in [0.717, 1.165) is 5.56 Å². The van der Waals surface area contributed by atoms with Gasteiger partial charge in [-0.3, -0.25) is 9.59 Å². The standard InChI is InChI=1S/C22H28N4O6S/c1-17(27)25-9-11-26(12-10-25)33(29,30)20-6-4-19(5-7-20)22(28)24-16-18-3-8-21(23-15-18)32-14-13-31-2/h3-8,15H,9-14,16H2,1-2H3,(H,24,28). The molecule has 2 amide bonds. The van der Waals surface area contributed by atoms with E-state index in [-0.39, 0.29) is 36.3 Å². The van der Waals surface area contributed by atoms with Crippen LogP contribution >= 0.6 is 0 Å². The molecule has 0 saturated carbocycles. The minimum absolute atomic E-state index is 0.0652. The lowest BCUT2D eigenvalue weighted by Crippen LogP contribution is -2.49. The van der Waals surface area contributed by atoms with Crippen LogP contribution in [0.1, 0.15) is 22.8 Å². The molecule has 1 N–H and O–H groups in total. The van der Waals surface area contributed by atoms with E-state index < -0.39 is 10.0 Å². The zero-order valence-corrected chi connectivity index (χ0v) is 19.5. The number of methoxy groups -OCH3 is 1. The number of carbonyl (C=O) groups is 2. The molecular formula is C22H28N4O6S. The van der Waals surface area contributed by atoms with Crippen LogP contribution in [0, 0.1) is 0 Å². The SMILES string of the molecule is COCCOc1ccc(CNC(=O)c2ccc(S(=O)(=O)N3CCN(C(C)=O)CC3)cc2)cn1. The van der Waals surface area contributed by atoms with Crippen LogP contribution < -0.4 is 10.1 Å². The van der Waals surface area contributed by atoms with Gasteiger partial charge >= 0.3 is 0 Å². The summed E-state index contributed by atoms with van der Waals surface area (Å²) in [6.07, 6.45) is 1.62. The van der Waals surface area contributed by atoms with Crippen LogP contribution in [0.25, 0.3) is 0 Å². The Morgan fingerprint density at radius 2 is 1.73 bits per heavy atom. The highest BCUT2D eigenvalue weighted by Crippen LogP contribution is 2.18. The number of benzene rings is 1. The topological polar surface area (TPSA) is 118 Å². The summed E-state index contributed by atoms with van der Waals surface area (Å²) in [6, 6.07) is 9.34. The van der Waals surface area contributed by atoms with Crippen LogP contribution in [0.4, 0.5) is 0 Å². The molecule has 0 atom stereocenters. The van der Waals surface area contributed by atoms with Crippen molar-refractivity contribution in [1.82, 2.24) is 19.5 Å². The highest BCUT2D eigenvalue weighted by atomic mass is 32.2. The van der Waals surface area contributed by atoms with Gasteiger partial charge in [-0.25, -0.2) is 13.4 Å². The molecule has 0 aliphatic carbocycles. The Bertz CT molecular complexity index is 1050. The second-order valence-electron chi connectivity index (χ2n) is 7.46. The molecule has 1 saturated heterocycles. The number of sulfonamides is 1. The van der Waals surface area contributed by atoms with Crippen LogP contribution in [0.5, 0.6) is 5.88 Å².